The Hall–Kier alpha value is -9.06. The largest absolute Gasteiger partial charge is 0.486 e. The summed E-state index contributed by atoms with van der Waals surface area (Å²) in [5, 5.41) is 2.37. The van der Waals surface area contributed by atoms with Gasteiger partial charge in [-0.1, -0.05) is 46.2 Å². The molecule has 6 aliphatic heterocycles. The normalized spacial score (nSPS) is 15.8. The zero-order chi connectivity index (χ0) is 86.8. The van der Waals surface area contributed by atoms with Crippen LogP contribution in [0.5, 0.6) is 34.5 Å². The standard InChI is InChI=1S/2C25H31BrN6O4S.C19H29NO5S.C13H10BrN5O2S/c2*1-25(2,3)36-24(33)31-7-4-15(5-8-31)6-9-32-22-20(21(27)28-14-29-22)30-23(32)37-19-13-18-17(12-16(19)26)34-10-11-35-18;1-15-5-7-17(8-6-15)26(22,23)24-14-11-16-9-12-20(13-10-16)18(21)25-19(2,3)4;14-6-3-7-8(21-2-1-20-7)4-9(6)22-13-18-10-11(15)16-5-17-12(10)19-13/h2*12-15H,4-11H2,1-3H3,(H2,27,28,29);5-8,16H,9-14H2,1-4H3;3-5H,1-2H2,(H3,15,16,17,18,19)/p+1. The zero-order valence-electron chi connectivity index (χ0n) is 69.6. The van der Waals surface area contributed by atoms with Crippen LogP contribution in [-0.2, 0) is 41.6 Å². The number of H-pyrrole nitrogens is 2. The number of imidazole rings is 3. The molecule has 0 radical (unpaired) electrons. The Morgan fingerprint density at radius 1 is 0.516 bits per heavy atom. The molecule has 654 valence electrons. The van der Waals surface area contributed by atoms with E-state index in [-0.39, 0.29) is 29.8 Å². The predicted octanol–water partition coefficient (Wildman–Crippen LogP) is 16.0. The first-order chi connectivity index (χ1) is 58.1. The summed E-state index contributed by atoms with van der Waals surface area (Å²) in [4.78, 5) is 86.4. The monoisotopic (exact) mass is 1940 g/mol. The number of nitrogen functional groups attached to an aromatic ring is 3. The molecule has 0 spiro atoms. The maximum Gasteiger partial charge on any atom is 0.410 e. The van der Waals surface area contributed by atoms with Crippen LogP contribution >= 0.6 is 83.1 Å². The smallest absolute Gasteiger partial charge is 0.410 e. The van der Waals surface area contributed by atoms with Crippen LogP contribution in [0.4, 0.5) is 31.8 Å². The van der Waals surface area contributed by atoms with E-state index in [1.807, 2.05) is 115 Å². The van der Waals surface area contributed by atoms with Gasteiger partial charge in [0.2, 0.25) is 5.52 Å². The number of piperidine rings is 3. The van der Waals surface area contributed by atoms with Crippen LogP contribution < -0.4 is 50.2 Å². The summed E-state index contributed by atoms with van der Waals surface area (Å²) < 4.78 is 87.1. The van der Waals surface area contributed by atoms with Crippen molar-refractivity contribution < 1.29 is 74.2 Å². The van der Waals surface area contributed by atoms with E-state index in [1.54, 1.807) is 40.9 Å². The number of rotatable bonds is 17. The van der Waals surface area contributed by atoms with E-state index < -0.39 is 26.9 Å². The second-order valence-electron chi connectivity index (χ2n) is 32.8. The van der Waals surface area contributed by atoms with Gasteiger partial charge in [-0.05, 0) is 253 Å². The van der Waals surface area contributed by atoms with Crippen molar-refractivity contribution in [3.05, 3.63) is 98.6 Å². The molecule has 6 aliphatic rings. The Balaban J connectivity index is 0.000000143. The molecule has 0 saturated carbocycles. The minimum absolute atomic E-state index is 0.160. The second kappa shape index (κ2) is 39.8. The SMILES string of the molecule is CC(C)(C)OC(=O)N1CCC(CC[n+]2c(Sc3cc4c(cc3Br)OCCO4)[nH]c3c(N)ncnc32)CC1.CC(C)(C)OC(=O)N1CCC(CCn2c(Sc3cc4c(cc3Br)OCCO4)nc3c(N)ncnc32)CC1.Cc1ccc(S(=O)(=O)OCCC2CCN(C(=O)OC(C)(C)C)CC2)cc1.Nc1ncnc2nc(Sc3cc4c(cc3Br)OCCO4)[nH]c12. The van der Waals surface area contributed by atoms with Crippen molar-refractivity contribution in [2.45, 2.75) is 192 Å². The lowest BCUT2D eigenvalue weighted by Crippen LogP contribution is -2.43. The lowest BCUT2D eigenvalue weighted by molar-refractivity contribution is -0.711. The van der Waals surface area contributed by atoms with Gasteiger partial charge in [0.05, 0.1) is 18.0 Å². The lowest BCUT2D eigenvalue weighted by atomic mass is 9.94. The van der Waals surface area contributed by atoms with Crippen LogP contribution in [0.15, 0.2) is 128 Å². The average molecular weight is 1950 g/mol. The molecule has 3 fully saturated rings. The maximum atomic E-state index is 12.4. The summed E-state index contributed by atoms with van der Waals surface area (Å²) in [6.45, 7) is 27.8. The number of nitrogens with zero attached hydrogens (tertiary/aromatic N) is 13. The quantitative estimate of drug-likeness (QED) is 0.0321. The van der Waals surface area contributed by atoms with Crippen LogP contribution in [0, 0.1) is 24.7 Å². The molecule has 0 aliphatic carbocycles. The van der Waals surface area contributed by atoms with E-state index >= 15 is 0 Å². The second-order valence-corrected chi connectivity index (χ2v) is 40.0. The molecular formula is C82H102Br3N18O15S4+. The number of hydrogen-bond donors (Lipinski definition) is 5. The highest BCUT2D eigenvalue weighted by atomic mass is 79.9. The van der Waals surface area contributed by atoms with Gasteiger partial charge in [0.1, 0.15) is 74.6 Å². The number of fused-ring (bicyclic) bond motifs is 6. The maximum absolute atomic E-state index is 12.4. The van der Waals surface area contributed by atoms with E-state index in [1.165, 1.54) is 42.5 Å². The van der Waals surface area contributed by atoms with E-state index in [4.69, 9.17) is 69.0 Å². The molecule has 40 heteroatoms. The molecule has 122 heavy (non-hydrogen) atoms. The molecule has 6 aromatic heterocycles. The first-order valence-electron chi connectivity index (χ1n) is 40.3. The lowest BCUT2D eigenvalue weighted by Gasteiger charge is -2.33. The molecule has 0 bridgehead atoms. The van der Waals surface area contributed by atoms with Gasteiger partial charge < -0.3 is 84.1 Å². The molecule has 4 aromatic carbocycles. The van der Waals surface area contributed by atoms with E-state index in [0.717, 1.165) is 160 Å². The number of aryl methyl sites for hydroxylation is 3. The van der Waals surface area contributed by atoms with E-state index in [0.29, 0.717) is 142 Å². The van der Waals surface area contributed by atoms with Gasteiger partial charge >= 0.3 is 23.9 Å². The Morgan fingerprint density at radius 2 is 0.934 bits per heavy atom. The first-order valence-corrected chi connectivity index (χ1v) is 46.5. The number of likely N-dealkylation sites (tertiary alicyclic amines) is 3. The van der Waals surface area contributed by atoms with Gasteiger partial charge in [-0.15, -0.1) is 0 Å². The van der Waals surface area contributed by atoms with Crippen molar-refractivity contribution in [3.63, 3.8) is 0 Å². The van der Waals surface area contributed by atoms with Crippen LogP contribution in [0.25, 0.3) is 33.5 Å². The molecule has 33 nitrogen and oxygen atoms in total. The summed E-state index contributed by atoms with van der Waals surface area (Å²) in [6, 6.07) is 18.3. The minimum Gasteiger partial charge on any atom is -0.486 e. The highest BCUT2D eigenvalue weighted by Gasteiger charge is 2.34. The summed E-state index contributed by atoms with van der Waals surface area (Å²) in [5.74, 6) is 6.86. The Morgan fingerprint density at radius 3 is 1.41 bits per heavy atom. The minimum atomic E-state index is -3.71. The molecule has 12 heterocycles. The molecule has 3 amide bonds. The highest BCUT2D eigenvalue weighted by Crippen LogP contribution is 2.46. The van der Waals surface area contributed by atoms with Crippen molar-refractivity contribution in [3.8, 4) is 34.5 Å². The highest BCUT2D eigenvalue weighted by molar-refractivity contribution is 9.11. The zero-order valence-corrected chi connectivity index (χ0v) is 77.7. The first kappa shape index (κ1) is 90.7. The van der Waals surface area contributed by atoms with Crippen molar-refractivity contribution in [2.24, 2.45) is 17.8 Å². The summed E-state index contributed by atoms with van der Waals surface area (Å²) in [6.07, 6.45) is 11.6. The molecule has 8 N–H and O–H groups in total. The van der Waals surface area contributed by atoms with Crippen LogP contribution in [-0.4, -0.2) is 198 Å². The number of hydrogen-bond acceptors (Lipinski definition) is 29. The van der Waals surface area contributed by atoms with Gasteiger partial charge in [-0.25, -0.2) is 48.9 Å². The van der Waals surface area contributed by atoms with Crippen molar-refractivity contribution in [1.82, 2.24) is 69.1 Å². The van der Waals surface area contributed by atoms with E-state index in [9.17, 15) is 22.8 Å². The summed E-state index contributed by atoms with van der Waals surface area (Å²) in [7, 11) is -3.71. The number of benzene rings is 4. The van der Waals surface area contributed by atoms with Gasteiger partial charge in [-0.2, -0.15) is 13.4 Å². The Kier molecular flexibility index (Phi) is 29.6. The summed E-state index contributed by atoms with van der Waals surface area (Å²) in [5.41, 5.74) is 21.7. The molecule has 0 atom stereocenters. The number of carbonyl (C=O) groups excluding carboxylic acids is 3. The number of carbonyl (C=O) groups is 3. The number of nitrogens with one attached hydrogen (secondary N) is 2. The summed E-state index contributed by atoms with van der Waals surface area (Å²) >= 11 is 15.4. The fourth-order valence-electron chi connectivity index (χ4n) is 13.9. The number of amides is 3. The van der Waals surface area contributed by atoms with E-state index in [2.05, 4.69) is 102 Å². The van der Waals surface area contributed by atoms with Crippen LogP contribution in [0.2, 0.25) is 0 Å². The third kappa shape index (κ3) is 24.1. The van der Waals surface area contributed by atoms with Crippen molar-refractivity contribution in [1.29, 1.82) is 0 Å². The number of anilines is 3. The number of aromatic amines is 2. The van der Waals surface area contributed by atoms with Gasteiger partial charge in [-0.3, -0.25) is 9.17 Å². The van der Waals surface area contributed by atoms with Gasteiger partial charge in [0.25, 0.3) is 15.3 Å². The van der Waals surface area contributed by atoms with Crippen molar-refractivity contribution >= 4 is 162 Å². The van der Waals surface area contributed by atoms with Crippen molar-refractivity contribution in [2.75, 3.05) is 103 Å². The number of aromatic nitrogens is 12. The molecule has 16 rings (SSSR count). The Labute approximate surface area is 745 Å². The average Bonchev–Trinajstić information content (AvgIpc) is 1.63. The van der Waals surface area contributed by atoms with Gasteiger partial charge in [0, 0.05) is 73.9 Å². The fraction of sp³-hybridized carbons (Fsp3) is 0.488. The predicted molar refractivity (Wildman–Crippen MR) is 472 cm³/mol. The molecule has 10 aromatic rings. The fourth-order valence-corrected chi connectivity index (χ4v) is 19.3. The van der Waals surface area contributed by atoms with Crippen LogP contribution in [0.3, 0.4) is 0 Å². The third-order valence-corrected chi connectivity index (χ3v) is 27.4. The third-order valence-electron chi connectivity index (χ3n) is 20.2. The van der Waals surface area contributed by atoms with Gasteiger partial charge in [0.15, 0.2) is 85.4 Å². The molecule has 3 saturated heterocycles. The number of ether oxygens (including phenoxy) is 9. The topological polar surface area (TPSA) is 409 Å². The molecular weight excluding hydrogens is 1840 g/mol. The Bertz CT molecular complexity index is 5300. The van der Waals surface area contributed by atoms with Crippen LogP contribution in [0.1, 0.15) is 126 Å². The molecule has 0 unspecified atom stereocenters. The number of halogens is 3. The number of nitrogens with two attached hydrogens (primary N) is 3.